The van der Waals surface area contributed by atoms with Crippen molar-refractivity contribution in [1.29, 1.82) is 0 Å². The Hall–Kier alpha value is -3.24. The number of rotatable bonds is 5. The number of benzene rings is 1. The van der Waals surface area contributed by atoms with Crippen molar-refractivity contribution in [2.75, 3.05) is 18.4 Å². The van der Waals surface area contributed by atoms with Crippen molar-refractivity contribution in [2.45, 2.75) is 17.0 Å². The summed E-state index contributed by atoms with van der Waals surface area (Å²) in [6, 6.07) is 11.7. The van der Waals surface area contributed by atoms with Crippen molar-refractivity contribution in [3.8, 4) is 0 Å². The Morgan fingerprint density at radius 3 is 2.70 bits per heavy atom. The first-order valence-electron chi connectivity index (χ1n) is 9.60. The first kappa shape index (κ1) is 18.8. The van der Waals surface area contributed by atoms with E-state index in [9.17, 15) is 8.42 Å². The minimum Gasteiger partial charge on any atom is -0.365 e. The lowest BCUT2D eigenvalue weighted by molar-refractivity contribution is 0.468. The van der Waals surface area contributed by atoms with Gasteiger partial charge in [0.25, 0.3) is 10.0 Å². The van der Waals surface area contributed by atoms with Gasteiger partial charge in [0.15, 0.2) is 5.03 Å². The van der Waals surface area contributed by atoms with Gasteiger partial charge in [-0.1, -0.05) is 30.3 Å². The maximum absolute atomic E-state index is 13.2. The van der Waals surface area contributed by atoms with Gasteiger partial charge in [0.2, 0.25) is 0 Å². The van der Waals surface area contributed by atoms with Crippen molar-refractivity contribution in [1.82, 2.24) is 28.8 Å². The minimum atomic E-state index is -3.69. The molecule has 1 fully saturated rings. The molecule has 1 aliphatic rings. The van der Waals surface area contributed by atoms with Gasteiger partial charge >= 0.3 is 0 Å². The van der Waals surface area contributed by atoms with Crippen molar-refractivity contribution in [3.05, 3.63) is 67.0 Å². The second-order valence-electron chi connectivity index (χ2n) is 7.43. The van der Waals surface area contributed by atoms with E-state index in [1.165, 1.54) is 23.2 Å². The molecule has 4 aromatic rings. The summed E-state index contributed by atoms with van der Waals surface area (Å²) in [5, 5.41) is 4.41. The number of sulfonamides is 1. The zero-order valence-electron chi connectivity index (χ0n) is 16.3. The van der Waals surface area contributed by atoms with Gasteiger partial charge < -0.3 is 14.9 Å². The van der Waals surface area contributed by atoms with Crippen LogP contribution in [0.15, 0.2) is 66.5 Å². The summed E-state index contributed by atoms with van der Waals surface area (Å²) in [5.41, 5.74) is 1.81. The topological polar surface area (TPSA) is 109 Å². The number of fused-ring (bicyclic) bond motifs is 1. The second-order valence-corrected chi connectivity index (χ2v) is 9.31. The summed E-state index contributed by atoms with van der Waals surface area (Å²) in [6.07, 6.45) is 6.33. The molecule has 5 rings (SSSR count). The number of nitrogens with zero attached hydrogens (tertiary/aromatic N) is 5. The minimum absolute atomic E-state index is 0.0337. The van der Waals surface area contributed by atoms with E-state index in [1.807, 2.05) is 42.6 Å². The van der Waals surface area contributed by atoms with E-state index < -0.39 is 10.0 Å². The van der Waals surface area contributed by atoms with Crippen LogP contribution >= 0.6 is 0 Å². The number of aryl methyl sites for hydroxylation is 1. The Balaban J connectivity index is 1.50. The standard InChI is InChI=1S/C20H21N7O2S/c1-26-11-18(24-13-26)30(28,29)27-9-16(14-5-3-2-4-6-14)17(10-27)25-20-15-7-8-21-19(15)22-12-23-20/h2-8,11-13,16-17H,9-10H2,1H3,(H2,21,22,23,25)/t16-,17+/m1/s1. The number of H-pyrrole nitrogens is 1. The highest BCUT2D eigenvalue weighted by molar-refractivity contribution is 7.89. The van der Waals surface area contributed by atoms with Gasteiger partial charge in [0.05, 0.1) is 11.7 Å². The van der Waals surface area contributed by atoms with E-state index in [-0.39, 0.29) is 17.0 Å². The van der Waals surface area contributed by atoms with Gasteiger partial charge in [-0.15, -0.1) is 0 Å². The number of aromatic nitrogens is 5. The quantitative estimate of drug-likeness (QED) is 0.508. The lowest BCUT2D eigenvalue weighted by Crippen LogP contribution is -2.32. The number of imidazole rings is 1. The molecule has 0 unspecified atom stereocenters. The van der Waals surface area contributed by atoms with Crippen molar-refractivity contribution in [2.24, 2.45) is 7.05 Å². The highest BCUT2D eigenvalue weighted by Gasteiger charge is 2.41. The van der Waals surface area contributed by atoms with Gasteiger partial charge in [0.1, 0.15) is 17.8 Å². The Morgan fingerprint density at radius 1 is 1.10 bits per heavy atom. The molecule has 30 heavy (non-hydrogen) atoms. The van der Waals surface area contributed by atoms with Gasteiger partial charge in [0, 0.05) is 44.5 Å². The van der Waals surface area contributed by atoms with E-state index in [0.717, 1.165) is 16.6 Å². The molecular formula is C20H21N7O2S. The number of hydrogen-bond donors (Lipinski definition) is 2. The monoisotopic (exact) mass is 423 g/mol. The SMILES string of the molecule is Cn1cnc(S(=O)(=O)N2C[C@H](Nc3ncnc4[nH]ccc34)[C@@H](c3ccccc3)C2)c1. The summed E-state index contributed by atoms with van der Waals surface area (Å²) >= 11 is 0. The molecular weight excluding hydrogens is 402 g/mol. The molecule has 1 aromatic carbocycles. The van der Waals surface area contributed by atoms with Crippen LogP contribution in [0.1, 0.15) is 11.5 Å². The molecule has 3 aromatic heterocycles. The van der Waals surface area contributed by atoms with Gasteiger partial charge in [-0.3, -0.25) is 0 Å². The second kappa shape index (κ2) is 7.22. The predicted molar refractivity (Wildman–Crippen MR) is 112 cm³/mol. The van der Waals surface area contributed by atoms with Crippen LogP contribution in [0, 0.1) is 0 Å². The molecule has 2 N–H and O–H groups in total. The summed E-state index contributed by atoms with van der Waals surface area (Å²) in [4.78, 5) is 15.8. The van der Waals surface area contributed by atoms with E-state index in [4.69, 9.17) is 0 Å². The van der Waals surface area contributed by atoms with Crippen LogP contribution in [0.4, 0.5) is 5.82 Å². The Bertz CT molecular complexity index is 1280. The fraction of sp³-hybridized carbons (Fsp3) is 0.250. The Morgan fingerprint density at radius 2 is 1.93 bits per heavy atom. The number of hydrogen-bond acceptors (Lipinski definition) is 6. The number of aromatic amines is 1. The fourth-order valence-electron chi connectivity index (χ4n) is 3.97. The summed E-state index contributed by atoms with van der Waals surface area (Å²) in [7, 11) is -1.94. The van der Waals surface area contributed by atoms with Crippen LogP contribution in [0.5, 0.6) is 0 Å². The Kier molecular flexibility index (Phi) is 4.52. The maximum atomic E-state index is 13.2. The molecule has 2 atom stereocenters. The van der Waals surface area contributed by atoms with Crippen LogP contribution in [0.25, 0.3) is 11.0 Å². The lowest BCUT2D eigenvalue weighted by Gasteiger charge is -2.21. The van der Waals surface area contributed by atoms with Crippen molar-refractivity contribution in [3.63, 3.8) is 0 Å². The van der Waals surface area contributed by atoms with E-state index in [2.05, 4.69) is 25.3 Å². The van der Waals surface area contributed by atoms with Crippen LogP contribution in [0.2, 0.25) is 0 Å². The normalized spacial score (nSPS) is 20.0. The first-order chi connectivity index (χ1) is 14.5. The molecule has 10 heteroatoms. The van der Waals surface area contributed by atoms with Gasteiger partial charge in [-0.25, -0.2) is 23.4 Å². The summed E-state index contributed by atoms with van der Waals surface area (Å²) in [5.74, 6) is 0.651. The summed E-state index contributed by atoms with van der Waals surface area (Å²) in [6.45, 7) is 0.677. The third-order valence-electron chi connectivity index (χ3n) is 5.48. The van der Waals surface area contributed by atoms with Gasteiger partial charge in [-0.05, 0) is 11.6 Å². The van der Waals surface area contributed by atoms with Crippen molar-refractivity contribution < 1.29 is 8.42 Å². The van der Waals surface area contributed by atoms with Crippen LogP contribution in [0.3, 0.4) is 0 Å². The van der Waals surface area contributed by atoms with Gasteiger partial charge in [-0.2, -0.15) is 4.31 Å². The largest absolute Gasteiger partial charge is 0.365 e. The average molecular weight is 424 g/mol. The third kappa shape index (κ3) is 3.23. The fourth-order valence-corrected chi connectivity index (χ4v) is 5.42. The zero-order valence-corrected chi connectivity index (χ0v) is 17.1. The molecule has 0 bridgehead atoms. The molecule has 4 heterocycles. The third-order valence-corrected chi connectivity index (χ3v) is 7.19. The molecule has 0 aliphatic carbocycles. The average Bonchev–Trinajstić information content (AvgIpc) is 3.48. The van der Waals surface area contributed by atoms with Crippen LogP contribution < -0.4 is 5.32 Å². The molecule has 0 spiro atoms. The molecule has 0 radical (unpaired) electrons. The maximum Gasteiger partial charge on any atom is 0.262 e. The van der Waals surface area contributed by atoms with Crippen LogP contribution in [-0.4, -0.2) is 56.4 Å². The molecule has 9 nitrogen and oxygen atoms in total. The summed E-state index contributed by atoms with van der Waals surface area (Å²) < 4.78 is 29.5. The molecule has 1 aliphatic heterocycles. The highest BCUT2D eigenvalue weighted by Crippen LogP contribution is 2.33. The molecule has 1 saturated heterocycles. The highest BCUT2D eigenvalue weighted by atomic mass is 32.2. The molecule has 0 saturated carbocycles. The molecule has 0 amide bonds. The first-order valence-corrected chi connectivity index (χ1v) is 11.0. The predicted octanol–water partition coefficient (Wildman–Crippen LogP) is 1.96. The number of nitrogens with one attached hydrogen (secondary N) is 2. The van der Waals surface area contributed by atoms with Crippen molar-refractivity contribution >= 4 is 26.9 Å². The smallest absolute Gasteiger partial charge is 0.262 e. The van der Waals surface area contributed by atoms with E-state index in [0.29, 0.717) is 18.9 Å². The zero-order chi connectivity index (χ0) is 20.7. The Labute approximate surface area is 173 Å². The number of anilines is 1. The van der Waals surface area contributed by atoms with E-state index in [1.54, 1.807) is 11.6 Å². The van der Waals surface area contributed by atoms with Crippen LogP contribution in [-0.2, 0) is 17.1 Å². The van der Waals surface area contributed by atoms with E-state index >= 15 is 0 Å². The lowest BCUT2D eigenvalue weighted by atomic mass is 9.94. The molecule has 154 valence electrons.